The Hall–Kier alpha value is -2.84. The number of amides is 3. The number of nitrogens with zero attached hydrogens (tertiary/aromatic N) is 2. The van der Waals surface area contributed by atoms with Crippen molar-refractivity contribution in [2.24, 2.45) is 0 Å². The largest absolute Gasteiger partial charge is 0.494 e. The SMILES string of the molecule is CCOc1ccc2nc(NC(=O)NC3CC(=O)N(c4ccc(Cl)cc4)C3)sc2c1. The average molecular weight is 431 g/mol. The van der Waals surface area contributed by atoms with Gasteiger partial charge in [0, 0.05) is 23.7 Å². The van der Waals surface area contributed by atoms with Crippen LogP contribution in [0.4, 0.5) is 15.6 Å². The Balaban J connectivity index is 1.38. The minimum Gasteiger partial charge on any atom is -0.494 e. The van der Waals surface area contributed by atoms with E-state index in [1.165, 1.54) is 11.3 Å². The van der Waals surface area contributed by atoms with Gasteiger partial charge in [-0.25, -0.2) is 9.78 Å². The highest BCUT2D eigenvalue weighted by atomic mass is 35.5. The summed E-state index contributed by atoms with van der Waals surface area (Å²) < 4.78 is 6.42. The highest BCUT2D eigenvalue weighted by molar-refractivity contribution is 7.22. The van der Waals surface area contributed by atoms with Gasteiger partial charge in [0.15, 0.2) is 5.13 Å². The van der Waals surface area contributed by atoms with Gasteiger partial charge in [-0.1, -0.05) is 22.9 Å². The molecule has 9 heteroatoms. The number of halogens is 1. The van der Waals surface area contributed by atoms with E-state index in [0.29, 0.717) is 23.3 Å². The molecule has 1 aliphatic heterocycles. The van der Waals surface area contributed by atoms with E-state index in [0.717, 1.165) is 21.7 Å². The molecule has 0 radical (unpaired) electrons. The maximum atomic E-state index is 12.4. The molecule has 2 heterocycles. The van der Waals surface area contributed by atoms with Gasteiger partial charge in [0.1, 0.15) is 5.75 Å². The first kappa shape index (κ1) is 19.5. The van der Waals surface area contributed by atoms with Crippen LogP contribution < -0.4 is 20.3 Å². The lowest BCUT2D eigenvalue weighted by Crippen LogP contribution is -2.39. The first-order valence-electron chi connectivity index (χ1n) is 9.18. The van der Waals surface area contributed by atoms with Gasteiger partial charge in [0.25, 0.3) is 0 Å². The van der Waals surface area contributed by atoms with Crippen molar-refractivity contribution in [3.8, 4) is 5.75 Å². The van der Waals surface area contributed by atoms with Crippen LogP contribution >= 0.6 is 22.9 Å². The van der Waals surface area contributed by atoms with Crippen molar-refractivity contribution in [2.75, 3.05) is 23.4 Å². The van der Waals surface area contributed by atoms with Crippen LogP contribution in [0.1, 0.15) is 13.3 Å². The molecule has 1 fully saturated rings. The van der Waals surface area contributed by atoms with Gasteiger partial charge in [-0.15, -0.1) is 0 Å². The molecule has 1 aromatic heterocycles. The molecular weight excluding hydrogens is 412 g/mol. The lowest BCUT2D eigenvalue weighted by Gasteiger charge is -2.17. The zero-order chi connectivity index (χ0) is 20.4. The Morgan fingerprint density at radius 2 is 2.10 bits per heavy atom. The minimum atomic E-state index is -0.384. The number of fused-ring (bicyclic) bond motifs is 1. The summed E-state index contributed by atoms with van der Waals surface area (Å²) in [5.41, 5.74) is 1.55. The topological polar surface area (TPSA) is 83.6 Å². The van der Waals surface area contributed by atoms with E-state index < -0.39 is 0 Å². The fourth-order valence-corrected chi connectivity index (χ4v) is 4.22. The molecule has 3 aromatic rings. The third kappa shape index (κ3) is 4.44. The molecule has 0 saturated carbocycles. The summed E-state index contributed by atoms with van der Waals surface area (Å²) in [6, 6.07) is 12.0. The Morgan fingerprint density at radius 1 is 1.31 bits per heavy atom. The van der Waals surface area contributed by atoms with Crippen LogP contribution in [0.15, 0.2) is 42.5 Å². The number of thiazole rings is 1. The van der Waals surface area contributed by atoms with Crippen molar-refractivity contribution in [2.45, 2.75) is 19.4 Å². The normalized spacial score (nSPS) is 16.3. The Morgan fingerprint density at radius 3 is 2.86 bits per heavy atom. The van der Waals surface area contributed by atoms with Crippen molar-refractivity contribution >= 4 is 55.9 Å². The Labute approximate surface area is 176 Å². The van der Waals surface area contributed by atoms with Gasteiger partial charge >= 0.3 is 6.03 Å². The predicted octanol–water partition coefficient (Wildman–Crippen LogP) is 4.28. The molecule has 1 aliphatic rings. The van der Waals surface area contributed by atoms with Crippen molar-refractivity contribution in [3.63, 3.8) is 0 Å². The highest BCUT2D eigenvalue weighted by Crippen LogP contribution is 2.29. The Bertz CT molecular complexity index is 1050. The molecule has 1 saturated heterocycles. The second-order valence-electron chi connectivity index (χ2n) is 6.56. The number of carbonyl (C=O) groups is 2. The molecule has 4 rings (SSSR count). The molecule has 7 nitrogen and oxygen atoms in total. The Kier molecular flexibility index (Phi) is 5.55. The van der Waals surface area contributed by atoms with Crippen LogP contribution in [0.5, 0.6) is 5.75 Å². The van der Waals surface area contributed by atoms with Crippen LogP contribution in [0.2, 0.25) is 5.02 Å². The fraction of sp³-hybridized carbons (Fsp3) is 0.250. The first-order chi connectivity index (χ1) is 14.0. The van der Waals surface area contributed by atoms with E-state index in [1.54, 1.807) is 29.2 Å². The molecule has 0 bridgehead atoms. The number of carbonyl (C=O) groups excluding carboxylic acids is 2. The van der Waals surface area contributed by atoms with Crippen LogP contribution in [0, 0.1) is 0 Å². The summed E-state index contributed by atoms with van der Waals surface area (Å²) in [5.74, 6) is 0.729. The molecule has 0 spiro atoms. The minimum absolute atomic E-state index is 0.0407. The third-order valence-corrected chi connectivity index (χ3v) is 5.68. The second kappa shape index (κ2) is 8.26. The maximum absolute atomic E-state index is 12.4. The first-order valence-corrected chi connectivity index (χ1v) is 10.4. The summed E-state index contributed by atoms with van der Waals surface area (Å²) >= 11 is 7.27. The summed E-state index contributed by atoms with van der Waals surface area (Å²) in [5, 5.41) is 6.70. The molecule has 150 valence electrons. The zero-order valence-corrected chi connectivity index (χ0v) is 17.2. The van der Waals surface area contributed by atoms with Gasteiger partial charge in [0.05, 0.1) is 22.9 Å². The number of benzene rings is 2. The summed E-state index contributed by atoms with van der Waals surface area (Å²) in [6.07, 6.45) is 0.244. The highest BCUT2D eigenvalue weighted by Gasteiger charge is 2.31. The standard InChI is InChI=1S/C20H19ClN4O3S/c1-2-28-15-7-8-16-17(10-15)29-20(23-16)24-19(27)22-13-9-18(26)25(11-13)14-5-3-12(21)4-6-14/h3-8,10,13H,2,9,11H2,1H3,(H2,22,23,24,27). The van der Waals surface area contributed by atoms with Crippen LogP contribution in [-0.4, -0.2) is 36.1 Å². The van der Waals surface area contributed by atoms with Gasteiger partial charge < -0.3 is 15.0 Å². The third-order valence-electron chi connectivity index (χ3n) is 4.49. The second-order valence-corrected chi connectivity index (χ2v) is 8.03. The average Bonchev–Trinajstić information content (AvgIpc) is 3.24. The van der Waals surface area contributed by atoms with Gasteiger partial charge in [0.2, 0.25) is 5.91 Å². The molecule has 0 aliphatic carbocycles. The van der Waals surface area contributed by atoms with Crippen LogP contribution in [0.3, 0.4) is 0 Å². The van der Waals surface area contributed by atoms with Gasteiger partial charge in [-0.2, -0.15) is 0 Å². The van der Waals surface area contributed by atoms with Crippen molar-refractivity contribution in [1.82, 2.24) is 10.3 Å². The lowest BCUT2D eigenvalue weighted by molar-refractivity contribution is -0.117. The fourth-order valence-electron chi connectivity index (χ4n) is 3.21. The van der Waals surface area contributed by atoms with Crippen molar-refractivity contribution in [1.29, 1.82) is 0 Å². The maximum Gasteiger partial charge on any atom is 0.321 e. The molecular formula is C20H19ClN4O3S. The number of ether oxygens (including phenoxy) is 1. The molecule has 2 N–H and O–H groups in total. The number of anilines is 2. The smallest absolute Gasteiger partial charge is 0.321 e. The lowest BCUT2D eigenvalue weighted by atomic mass is 10.2. The summed E-state index contributed by atoms with van der Waals surface area (Å²) in [6.45, 7) is 2.92. The van der Waals surface area contributed by atoms with Gasteiger partial charge in [-0.05, 0) is 49.4 Å². The number of aromatic nitrogens is 1. The van der Waals surface area contributed by atoms with E-state index in [2.05, 4.69) is 15.6 Å². The number of rotatable bonds is 5. The van der Waals surface area contributed by atoms with Crippen LogP contribution in [0.25, 0.3) is 10.2 Å². The number of urea groups is 1. The molecule has 2 aromatic carbocycles. The van der Waals surface area contributed by atoms with E-state index in [4.69, 9.17) is 16.3 Å². The quantitative estimate of drug-likeness (QED) is 0.633. The molecule has 29 heavy (non-hydrogen) atoms. The van der Waals surface area contributed by atoms with Crippen LogP contribution in [-0.2, 0) is 4.79 Å². The number of hydrogen-bond donors (Lipinski definition) is 2. The number of nitrogens with one attached hydrogen (secondary N) is 2. The predicted molar refractivity (Wildman–Crippen MR) is 115 cm³/mol. The van der Waals surface area contributed by atoms with E-state index in [1.807, 2.05) is 25.1 Å². The van der Waals surface area contributed by atoms with E-state index in [-0.39, 0.29) is 24.4 Å². The molecule has 1 atom stereocenters. The zero-order valence-electron chi connectivity index (χ0n) is 15.6. The van der Waals surface area contributed by atoms with Gasteiger partial charge in [-0.3, -0.25) is 10.1 Å². The number of hydrogen-bond acceptors (Lipinski definition) is 5. The summed E-state index contributed by atoms with van der Waals surface area (Å²) in [4.78, 5) is 30.8. The van der Waals surface area contributed by atoms with Crippen molar-refractivity contribution < 1.29 is 14.3 Å². The monoisotopic (exact) mass is 430 g/mol. The van der Waals surface area contributed by atoms with E-state index >= 15 is 0 Å². The molecule has 3 amide bonds. The van der Waals surface area contributed by atoms with Crippen molar-refractivity contribution in [3.05, 3.63) is 47.5 Å². The summed E-state index contributed by atoms with van der Waals surface area (Å²) in [7, 11) is 0. The van der Waals surface area contributed by atoms with E-state index in [9.17, 15) is 9.59 Å². The molecule has 1 unspecified atom stereocenters.